The molecule has 1 atom stereocenters. The van der Waals surface area contributed by atoms with Crippen molar-refractivity contribution < 1.29 is 14.3 Å². The number of nitrogens with zero attached hydrogens (tertiary/aromatic N) is 2. The normalized spacial score (nSPS) is 17.0. The maximum absolute atomic E-state index is 12.1. The molecule has 0 bridgehead atoms. The van der Waals surface area contributed by atoms with Crippen molar-refractivity contribution in [3.63, 3.8) is 0 Å². The van der Waals surface area contributed by atoms with E-state index in [2.05, 4.69) is 27.4 Å². The minimum Gasteiger partial charge on any atom is -0.468 e. The van der Waals surface area contributed by atoms with Crippen LogP contribution in [0.1, 0.15) is 26.2 Å². The molecule has 0 aromatic carbocycles. The fraction of sp³-hybridized carbons (Fsp3) is 0.667. The van der Waals surface area contributed by atoms with Crippen LogP contribution in [-0.2, 0) is 20.9 Å². The Hall–Kier alpha value is -1.89. The van der Waals surface area contributed by atoms with E-state index < -0.39 is 0 Å². The van der Waals surface area contributed by atoms with E-state index >= 15 is 0 Å². The summed E-state index contributed by atoms with van der Waals surface area (Å²) in [5.74, 6) is 1.02. The fourth-order valence-electron chi connectivity index (χ4n) is 2.78. The quantitative estimate of drug-likeness (QED) is 0.766. The second kappa shape index (κ2) is 7.93. The maximum atomic E-state index is 12.1. The number of nitrogens with one attached hydrogen (secondary N) is 2. The number of piperidine rings is 1. The Kier molecular flexibility index (Phi) is 5.94. The first-order valence-electron chi connectivity index (χ1n) is 7.69. The van der Waals surface area contributed by atoms with Gasteiger partial charge in [-0.15, -0.1) is 0 Å². The van der Waals surface area contributed by atoms with Gasteiger partial charge in [0.2, 0.25) is 5.91 Å². The molecule has 0 aliphatic carbocycles. The van der Waals surface area contributed by atoms with Crippen LogP contribution < -0.4 is 10.6 Å². The molecule has 2 heterocycles. The van der Waals surface area contributed by atoms with Gasteiger partial charge in [0.05, 0.1) is 7.11 Å². The lowest BCUT2D eigenvalue weighted by Gasteiger charge is -2.27. The first-order chi connectivity index (χ1) is 10.6. The van der Waals surface area contributed by atoms with Gasteiger partial charge in [-0.3, -0.25) is 14.3 Å². The molecule has 1 saturated heterocycles. The lowest BCUT2D eigenvalue weighted by atomic mass is 9.84. The van der Waals surface area contributed by atoms with Gasteiger partial charge < -0.3 is 15.4 Å². The molecule has 1 aromatic heterocycles. The standard InChI is InChI=1S/C15H24N4O3/c1-11(12-3-6-16-7-4-12)9-14(20)17-13-5-8-19(18-13)10-15(21)22-2/h5,8,11-12,16H,3-4,6-7,9-10H2,1-2H3,(H,17,18,20). The summed E-state index contributed by atoms with van der Waals surface area (Å²) in [6.07, 6.45) is 4.39. The van der Waals surface area contributed by atoms with E-state index in [4.69, 9.17) is 0 Å². The molecule has 2 N–H and O–H groups in total. The molecule has 2 rings (SSSR count). The summed E-state index contributed by atoms with van der Waals surface area (Å²) in [5, 5.41) is 10.3. The van der Waals surface area contributed by atoms with Crippen LogP contribution in [0.4, 0.5) is 5.82 Å². The Morgan fingerprint density at radius 2 is 2.23 bits per heavy atom. The number of esters is 1. The highest BCUT2D eigenvalue weighted by molar-refractivity contribution is 5.89. The molecule has 1 amide bonds. The van der Waals surface area contributed by atoms with Gasteiger partial charge in [0.25, 0.3) is 0 Å². The number of ether oxygens (including phenoxy) is 1. The summed E-state index contributed by atoms with van der Waals surface area (Å²) in [5.41, 5.74) is 0. The van der Waals surface area contributed by atoms with Crippen LogP contribution in [0.2, 0.25) is 0 Å². The van der Waals surface area contributed by atoms with E-state index in [-0.39, 0.29) is 18.4 Å². The minimum absolute atomic E-state index is 0.0330. The zero-order valence-electron chi connectivity index (χ0n) is 13.2. The van der Waals surface area contributed by atoms with Gasteiger partial charge in [0, 0.05) is 18.7 Å². The SMILES string of the molecule is COC(=O)Cn1ccc(NC(=O)CC(C)C2CCNCC2)n1. The molecule has 1 aromatic rings. The number of hydrogen-bond donors (Lipinski definition) is 2. The van der Waals surface area contributed by atoms with Crippen molar-refractivity contribution in [2.24, 2.45) is 11.8 Å². The van der Waals surface area contributed by atoms with Crippen LogP contribution >= 0.6 is 0 Å². The summed E-state index contributed by atoms with van der Waals surface area (Å²) < 4.78 is 6.01. The van der Waals surface area contributed by atoms with Crippen molar-refractivity contribution in [3.05, 3.63) is 12.3 Å². The fourth-order valence-corrected chi connectivity index (χ4v) is 2.78. The molecular formula is C15H24N4O3. The van der Waals surface area contributed by atoms with Crippen LogP contribution in [0.3, 0.4) is 0 Å². The first-order valence-corrected chi connectivity index (χ1v) is 7.69. The lowest BCUT2D eigenvalue weighted by molar-refractivity contribution is -0.141. The number of rotatable bonds is 6. The van der Waals surface area contributed by atoms with Crippen LogP contribution in [0, 0.1) is 11.8 Å². The van der Waals surface area contributed by atoms with Crippen molar-refractivity contribution in [3.8, 4) is 0 Å². The molecule has 0 spiro atoms. The number of methoxy groups -OCH3 is 1. The summed E-state index contributed by atoms with van der Waals surface area (Å²) in [6, 6.07) is 1.68. The number of carbonyl (C=O) groups excluding carboxylic acids is 2. The van der Waals surface area contributed by atoms with Crippen molar-refractivity contribution in [1.82, 2.24) is 15.1 Å². The number of carbonyl (C=O) groups is 2. The van der Waals surface area contributed by atoms with Crippen molar-refractivity contribution in [2.45, 2.75) is 32.7 Å². The topological polar surface area (TPSA) is 85.2 Å². The van der Waals surface area contributed by atoms with Gasteiger partial charge in [-0.05, 0) is 37.8 Å². The predicted molar refractivity (Wildman–Crippen MR) is 82.2 cm³/mol. The average Bonchev–Trinajstić information content (AvgIpc) is 2.94. The first kappa shape index (κ1) is 16.5. The highest BCUT2D eigenvalue weighted by atomic mass is 16.5. The molecule has 1 aliphatic rings. The molecule has 122 valence electrons. The molecule has 0 saturated carbocycles. The summed E-state index contributed by atoms with van der Waals surface area (Å²) >= 11 is 0. The van der Waals surface area contributed by atoms with Crippen LogP contribution in [0.5, 0.6) is 0 Å². The Labute approximate surface area is 130 Å². The van der Waals surface area contributed by atoms with E-state index in [1.807, 2.05) is 0 Å². The zero-order chi connectivity index (χ0) is 15.9. The molecular weight excluding hydrogens is 284 g/mol. The van der Waals surface area contributed by atoms with E-state index in [0.717, 1.165) is 25.9 Å². The Bertz CT molecular complexity index is 509. The summed E-state index contributed by atoms with van der Waals surface area (Å²) in [7, 11) is 1.33. The number of amides is 1. The van der Waals surface area contributed by atoms with Crippen LogP contribution in [-0.4, -0.2) is 41.9 Å². The highest BCUT2D eigenvalue weighted by Gasteiger charge is 2.22. The third-order valence-electron chi connectivity index (χ3n) is 4.12. The molecule has 7 nitrogen and oxygen atoms in total. The second-order valence-corrected chi connectivity index (χ2v) is 5.79. The molecule has 1 aliphatic heterocycles. The van der Waals surface area contributed by atoms with Gasteiger partial charge in [0.1, 0.15) is 6.54 Å². The number of anilines is 1. The van der Waals surface area contributed by atoms with Gasteiger partial charge in [-0.1, -0.05) is 6.92 Å². The molecule has 22 heavy (non-hydrogen) atoms. The van der Waals surface area contributed by atoms with Gasteiger partial charge >= 0.3 is 5.97 Å². The largest absolute Gasteiger partial charge is 0.468 e. The molecule has 1 fully saturated rings. The number of hydrogen-bond acceptors (Lipinski definition) is 5. The van der Waals surface area contributed by atoms with E-state index in [0.29, 0.717) is 24.1 Å². The average molecular weight is 308 g/mol. The second-order valence-electron chi connectivity index (χ2n) is 5.79. The number of aromatic nitrogens is 2. The third-order valence-corrected chi connectivity index (χ3v) is 4.12. The Balaban J connectivity index is 1.80. The van der Waals surface area contributed by atoms with E-state index in [1.165, 1.54) is 11.8 Å². The van der Waals surface area contributed by atoms with Gasteiger partial charge in [0.15, 0.2) is 5.82 Å². The lowest BCUT2D eigenvalue weighted by Crippen LogP contribution is -2.32. The van der Waals surface area contributed by atoms with E-state index in [1.54, 1.807) is 12.3 Å². The van der Waals surface area contributed by atoms with Crippen molar-refractivity contribution >= 4 is 17.7 Å². The minimum atomic E-state index is -0.375. The molecule has 7 heteroatoms. The summed E-state index contributed by atoms with van der Waals surface area (Å²) in [4.78, 5) is 23.2. The smallest absolute Gasteiger partial charge is 0.327 e. The van der Waals surface area contributed by atoms with Crippen LogP contribution in [0.25, 0.3) is 0 Å². The van der Waals surface area contributed by atoms with Crippen LogP contribution in [0.15, 0.2) is 12.3 Å². The zero-order valence-corrected chi connectivity index (χ0v) is 13.2. The Morgan fingerprint density at radius 3 is 2.91 bits per heavy atom. The van der Waals surface area contributed by atoms with Gasteiger partial charge in [-0.2, -0.15) is 5.10 Å². The third kappa shape index (κ3) is 4.84. The van der Waals surface area contributed by atoms with Gasteiger partial charge in [-0.25, -0.2) is 0 Å². The predicted octanol–water partition coefficient (Wildman–Crippen LogP) is 1.02. The van der Waals surface area contributed by atoms with Crippen molar-refractivity contribution in [1.29, 1.82) is 0 Å². The molecule has 0 radical (unpaired) electrons. The van der Waals surface area contributed by atoms with Crippen molar-refractivity contribution in [2.75, 3.05) is 25.5 Å². The maximum Gasteiger partial charge on any atom is 0.327 e. The Morgan fingerprint density at radius 1 is 1.50 bits per heavy atom. The van der Waals surface area contributed by atoms with E-state index in [9.17, 15) is 9.59 Å². The summed E-state index contributed by atoms with van der Waals surface area (Å²) in [6.45, 7) is 4.24. The monoisotopic (exact) mass is 308 g/mol. The highest BCUT2D eigenvalue weighted by Crippen LogP contribution is 2.24. The molecule has 1 unspecified atom stereocenters.